The van der Waals surface area contributed by atoms with Gasteiger partial charge in [-0.25, -0.2) is 0 Å². The maximum atomic E-state index is 12.5. The van der Waals surface area contributed by atoms with Crippen LogP contribution in [0.25, 0.3) is 10.9 Å². The summed E-state index contributed by atoms with van der Waals surface area (Å²) in [5.74, 6) is 1.21. The van der Waals surface area contributed by atoms with Gasteiger partial charge in [0.05, 0.1) is 0 Å². The molecule has 24 heavy (non-hydrogen) atoms. The van der Waals surface area contributed by atoms with E-state index >= 15 is 0 Å². The van der Waals surface area contributed by atoms with Crippen molar-refractivity contribution in [2.45, 2.75) is 32.1 Å². The van der Waals surface area contributed by atoms with Crippen LogP contribution >= 0.6 is 11.8 Å². The van der Waals surface area contributed by atoms with Crippen molar-refractivity contribution >= 4 is 28.6 Å². The van der Waals surface area contributed by atoms with E-state index in [1.165, 1.54) is 10.9 Å². The summed E-state index contributed by atoms with van der Waals surface area (Å²) in [6, 6.07) is 8.36. The molecular formula is C19H27N3OS. The second-order valence-corrected chi connectivity index (χ2v) is 7.42. The van der Waals surface area contributed by atoms with Crippen molar-refractivity contribution in [2.24, 2.45) is 0 Å². The molecule has 0 saturated carbocycles. The Hall–Kier alpha value is -1.46. The molecule has 0 bridgehead atoms. The molecule has 5 heteroatoms. The smallest absolute Gasteiger partial charge is 0.224 e. The number of carbonyl (C=O) groups is 1. The first kappa shape index (κ1) is 17.4. The molecule has 1 saturated heterocycles. The zero-order valence-corrected chi connectivity index (χ0v) is 15.4. The molecule has 1 fully saturated rings. The molecule has 2 aromatic rings. The number of para-hydroxylation sites is 1. The third-order valence-corrected chi connectivity index (χ3v) is 6.11. The van der Waals surface area contributed by atoms with E-state index in [4.69, 9.17) is 0 Å². The maximum Gasteiger partial charge on any atom is 0.224 e. The zero-order chi connectivity index (χ0) is 16.9. The minimum Gasteiger partial charge on any atom is -0.361 e. The lowest BCUT2D eigenvalue weighted by atomic mass is 10.1. The van der Waals surface area contributed by atoms with E-state index in [-0.39, 0.29) is 5.37 Å². The van der Waals surface area contributed by atoms with Crippen molar-refractivity contribution < 1.29 is 4.79 Å². The lowest BCUT2D eigenvalue weighted by Crippen LogP contribution is -2.39. The number of aromatic nitrogens is 1. The number of fused-ring (bicyclic) bond motifs is 1. The first-order valence-electron chi connectivity index (χ1n) is 8.94. The van der Waals surface area contributed by atoms with Gasteiger partial charge < -0.3 is 14.8 Å². The molecule has 1 amide bonds. The summed E-state index contributed by atoms with van der Waals surface area (Å²) in [6.07, 6.45) is 3.78. The number of rotatable bonds is 7. The number of hydrogen-bond donors (Lipinski definition) is 1. The van der Waals surface area contributed by atoms with Gasteiger partial charge >= 0.3 is 0 Å². The predicted molar refractivity (Wildman–Crippen MR) is 102 cm³/mol. The number of thioether (sulfide) groups is 1. The third kappa shape index (κ3) is 3.62. The molecule has 1 atom stereocenters. The van der Waals surface area contributed by atoms with Crippen LogP contribution in [-0.2, 0) is 4.79 Å². The van der Waals surface area contributed by atoms with Crippen LogP contribution in [-0.4, -0.2) is 52.6 Å². The lowest BCUT2D eigenvalue weighted by molar-refractivity contribution is -0.132. The molecule has 1 aromatic carbocycles. The minimum atomic E-state index is 0.138. The highest BCUT2D eigenvalue weighted by atomic mass is 32.2. The molecule has 1 aliphatic rings. The fourth-order valence-electron chi connectivity index (χ4n) is 3.42. The van der Waals surface area contributed by atoms with Crippen LogP contribution in [0.2, 0.25) is 0 Å². The van der Waals surface area contributed by atoms with Gasteiger partial charge in [0.2, 0.25) is 5.91 Å². The van der Waals surface area contributed by atoms with E-state index in [1.54, 1.807) is 0 Å². The van der Waals surface area contributed by atoms with E-state index in [0.717, 1.165) is 43.9 Å². The average molecular weight is 346 g/mol. The SMILES string of the molecule is CCN(CC)CCCN1C(=O)CCSC1c1c[nH]c2ccccc12. The van der Waals surface area contributed by atoms with Gasteiger partial charge in [0, 0.05) is 41.4 Å². The number of benzene rings is 1. The van der Waals surface area contributed by atoms with Crippen molar-refractivity contribution in [3.8, 4) is 0 Å². The molecule has 1 unspecified atom stereocenters. The summed E-state index contributed by atoms with van der Waals surface area (Å²) in [5.41, 5.74) is 2.39. The van der Waals surface area contributed by atoms with Gasteiger partial charge in [-0.2, -0.15) is 0 Å². The largest absolute Gasteiger partial charge is 0.361 e. The fourth-order valence-corrected chi connectivity index (χ4v) is 4.72. The lowest BCUT2D eigenvalue weighted by Gasteiger charge is -2.35. The Balaban J connectivity index is 1.76. The summed E-state index contributed by atoms with van der Waals surface area (Å²) in [7, 11) is 0. The predicted octanol–water partition coefficient (Wildman–Crippen LogP) is 3.86. The van der Waals surface area contributed by atoms with E-state index in [2.05, 4.69) is 53.0 Å². The fraction of sp³-hybridized carbons (Fsp3) is 0.526. The Labute approximate surface area is 148 Å². The molecular weight excluding hydrogens is 318 g/mol. The van der Waals surface area contributed by atoms with Crippen LogP contribution in [0.3, 0.4) is 0 Å². The molecule has 1 aromatic heterocycles. The summed E-state index contributed by atoms with van der Waals surface area (Å²) in [6.45, 7) is 8.44. The van der Waals surface area contributed by atoms with Gasteiger partial charge in [-0.15, -0.1) is 11.8 Å². The molecule has 4 nitrogen and oxygen atoms in total. The highest BCUT2D eigenvalue weighted by Gasteiger charge is 2.31. The topological polar surface area (TPSA) is 39.3 Å². The number of aromatic amines is 1. The Morgan fingerprint density at radius 3 is 2.88 bits per heavy atom. The number of amides is 1. The van der Waals surface area contributed by atoms with Crippen molar-refractivity contribution in [3.63, 3.8) is 0 Å². The highest BCUT2D eigenvalue weighted by molar-refractivity contribution is 7.99. The third-order valence-electron chi connectivity index (χ3n) is 4.85. The second-order valence-electron chi connectivity index (χ2n) is 6.23. The van der Waals surface area contributed by atoms with Crippen LogP contribution in [0.1, 0.15) is 37.6 Å². The quantitative estimate of drug-likeness (QED) is 0.828. The van der Waals surface area contributed by atoms with Crippen molar-refractivity contribution in [1.82, 2.24) is 14.8 Å². The van der Waals surface area contributed by atoms with Crippen LogP contribution < -0.4 is 0 Å². The Kier molecular flexibility index (Phi) is 5.85. The molecule has 130 valence electrons. The number of nitrogens with zero attached hydrogens (tertiary/aromatic N) is 2. The molecule has 0 spiro atoms. The maximum absolute atomic E-state index is 12.5. The number of hydrogen-bond acceptors (Lipinski definition) is 3. The monoisotopic (exact) mass is 345 g/mol. The first-order chi connectivity index (χ1) is 11.7. The van der Waals surface area contributed by atoms with Crippen LogP contribution in [0, 0.1) is 0 Å². The van der Waals surface area contributed by atoms with E-state index < -0.39 is 0 Å². The minimum absolute atomic E-state index is 0.138. The van der Waals surface area contributed by atoms with Gasteiger partial charge in [0.1, 0.15) is 5.37 Å². The highest BCUT2D eigenvalue weighted by Crippen LogP contribution is 2.40. The molecule has 2 heterocycles. The van der Waals surface area contributed by atoms with Gasteiger partial charge in [0.25, 0.3) is 0 Å². The van der Waals surface area contributed by atoms with E-state index in [9.17, 15) is 4.79 Å². The van der Waals surface area contributed by atoms with E-state index in [0.29, 0.717) is 12.3 Å². The molecule has 1 aliphatic heterocycles. The average Bonchev–Trinajstić information content (AvgIpc) is 3.04. The molecule has 0 aliphatic carbocycles. The summed E-state index contributed by atoms with van der Waals surface area (Å²) in [5, 5.41) is 1.37. The van der Waals surface area contributed by atoms with Gasteiger partial charge in [0.15, 0.2) is 0 Å². The normalized spacial score (nSPS) is 18.7. The Morgan fingerprint density at radius 1 is 1.29 bits per heavy atom. The van der Waals surface area contributed by atoms with Gasteiger partial charge in [-0.3, -0.25) is 4.79 Å². The number of H-pyrrole nitrogens is 1. The molecule has 1 N–H and O–H groups in total. The van der Waals surface area contributed by atoms with Crippen molar-refractivity contribution in [2.75, 3.05) is 31.9 Å². The summed E-state index contributed by atoms with van der Waals surface area (Å²) in [4.78, 5) is 20.4. The van der Waals surface area contributed by atoms with Crippen molar-refractivity contribution in [1.29, 1.82) is 0 Å². The summed E-state index contributed by atoms with van der Waals surface area (Å²) >= 11 is 1.89. The zero-order valence-electron chi connectivity index (χ0n) is 14.6. The first-order valence-corrected chi connectivity index (χ1v) is 9.99. The number of nitrogens with one attached hydrogen (secondary N) is 1. The van der Waals surface area contributed by atoms with Crippen LogP contribution in [0.4, 0.5) is 0 Å². The van der Waals surface area contributed by atoms with Crippen LogP contribution in [0.15, 0.2) is 30.5 Å². The standard InChI is InChI=1S/C19H27N3OS/c1-3-21(4-2)11-7-12-22-18(23)10-13-24-19(22)16-14-20-17-9-6-5-8-15(16)17/h5-6,8-9,14,19-20H,3-4,7,10-13H2,1-2H3. The van der Waals surface area contributed by atoms with Crippen molar-refractivity contribution in [3.05, 3.63) is 36.0 Å². The Bertz CT molecular complexity index is 680. The van der Waals surface area contributed by atoms with Gasteiger partial charge in [-0.1, -0.05) is 32.0 Å². The molecule has 3 rings (SSSR count). The second kappa shape index (κ2) is 8.08. The summed E-state index contributed by atoms with van der Waals surface area (Å²) < 4.78 is 0. The van der Waals surface area contributed by atoms with Gasteiger partial charge in [-0.05, 0) is 32.1 Å². The Morgan fingerprint density at radius 2 is 2.08 bits per heavy atom. The number of carbonyl (C=O) groups excluding carboxylic acids is 1. The van der Waals surface area contributed by atoms with E-state index in [1.807, 2.05) is 17.8 Å². The molecule has 0 radical (unpaired) electrons. The van der Waals surface area contributed by atoms with Crippen LogP contribution in [0.5, 0.6) is 0 Å².